The van der Waals surface area contributed by atoms with E-state index < -0.39 is 11.7 Å². The molecule has 1 aliphatic rings. The van der Waals surface area contributed by atoms with Crippen molar-refractivity contribution >= 4 is 27.9 Å². The highest BCUT2D eigenvalue weighted by atomic mass is 32.1. The number of amides is 1. The van der Waals surface area contributed by atoms with Gasteiger partial charge in [-0.3, -0.25) is 4.79 Å². The van der Waals surface area contributed by atoms with E-state index in [-0.39, 0.29) is 11.3 Å². The Morgan fingerprint density at radius 2 is 2.24 bits per heavy atom. The number of rotatable bonds is 2. The van der Waals surface area contributed by atoms with Crippen molar-refractivity contribution < 1.29 is 9.18 Å². The van der Waals surface area contributed by atoms with Crippen molar-refractivity contribution in [3.8, 4) is 6.07 Å². The number of thiophene rings is 1. The molecule has 0 fully saturated rings. The molecule has 6 heteroatoms. The highest BCUT2D eigenvalue weighted by Gasteiger charge is 2.23. The summed E-state index contributed by atoms with van der Waals surface area (Å²) in [5.41, 5.74) is 7.15. The van der Waals surface area contributed by atoms with Gasteiger partial charge in [-0.2, -0.15) is 5.26 Å². The molecule has 1 heterocycles. The summed E-state index contributed by atoms with van der Waals surface area (Å²) in [7, 11) is 0. The first-order valence-electron chi connectivity index (χ1n) is 6.51. The molecule has 1 aromatic carbocycles. The average Bonchev–Trinajstić information content (AvgIpc) is 3.02. The Labute approximate surface area is 125 Å². The summed E-state index contributed by atoms with van der Waals surface area (Å²) in [4.78, 5) is 13.3. The molecule has 1 aliphatic carbocycles. The van der Waals surface area contributed by atoms with Crippen molar-refractivity contribution in [1.82, 2.24) is 0 Å². The predicted molar refractivity (Wildman–Crippen MR) is 79.8 cm³/mol. The number of hydrogen-bond acceptors (Lipinski definition) is 4. The standard InChI is InChI=1S/C15H12FN3OS/c16-11-6-8(4-5-12(11)18)14(20)19-15-10(7-17)9-2-1-3-13(9)21-15/h4-6H,1-3,18H2,(H,19,20). The lowest BCUT2D eigenvalue weighted by Gasteiger charge is -2.05. The van der Waals surface area contributed by atoms with Gasteiger partial charge in [-0.05, 0) is 43.0 Å². The first-order valence-corrected chi connectivity index (χ1v) is 7.33. The number of benzene rings is 1. The fourth-order valence-electron chi connectivity index (χ4n) is 2.45. The Bertz CT molecular complexity index is 776. The summed E-state index contributed by atoms with van der Waals surface area (Å²) in [5, 5.41) is 12.5. The van der Waals surface area contributed by atoms with Crippen LogP contribution in [0.3, 0.4) is 0 Å². The Balaban J connectivity index is 1.88. The molecule has 2 aromatic rings. The zero-order valence-electron chi connectivity index (χ0n) is 11.1. The topological polar surface area (TPSA) is 78.9 Å². The van der Waals surface area contributed by atoms with Crippen LogP contribution < -0.4 is 11.1 Å². The van der Waals surface area contributed by atoms with Crippen LogP contribution in [0.1, 0.15) is 32.8 Å². The summed E-state index contributed by atoms with van der Waals surface area (Å²) in [6.45, 7) is 0. The Kier molecular flexibility index (Phi) is 3.35. The van der Waals surface area contributed by atoms with Crippen LogP contribution in [0.4, 0.5) is 15.1 Å². The molecule has 1 amide bonds. The van der Waals surface area contributed by atoms with Crippen LogP contribution in [0, 0.1) is 17.1 Å². The van der Waals surface area contributed by atoms with Crippen LogP contribution in [0.5, 0.6) is 0 Å². The number of carbonyl (C=O) groups is 1. The fourth-order valence-corrected chi connectivity index (χ4v) is 3.69. The first-order chi connectivity index (χ1) is 10.1. The van der Waals surface area contributed by atoms with Crippen LogP contribution >= 0.6 is 11.3 Å². The lowest BCUT2D eigenvalue weighted by Crippen LogP contribution is -2.12. The van der Waals surface area contributed by atoms with E-state index in [9.17, 15) is 14.4 Å². The summed E-state index contributed by atoms with van der Waals surface area (Å²) < 4.78 is 13.4. The van der Waals surface area contributed by atoms with E-state index in [1.54, 1.807) is 0 Å². The molecular formula is C15H12FN3OS. The number of nitrogens with zero attached hydrogens (tertiary/aromatic N) is 1. The maximum atomic E-state index is 13.4. The van der Waals surface area contributed by atoms with Crippen LogP contribution in [0.15, 0.2) is 18.2 Å². The summed E-state index contributed by atoms with van der Waals surface area (Å²) in [6.07, 6.45) is 2.87. The van der Waals surface area contributed by atoms with Gasteiger partial charge in [0.05, 0.1) is 11.3 Å². The fraction of sp³-hybridized carbons (Fsp3) is 0.200. The van der Waals surface area contributed by atoms with Crippen LogP contribution in [0.25, 0.3) is 0 Å². The lowest BCUT2D eigenvalue weighted by atomic mass is 10.1. The van der Waals surface area contributed by atoms with Gasteiger partial charge in [0, 0.05) is 10.4 Å². The highest BCUT2D eigenvalue weighted by Crippen LogP contribution is 2.38. The quantitative estimate of drug-likeness (QED) is 0.837. The van der Waals surface area contributed by atoms with Gasteiger partial charge in [-0.25, -0.2) is 4.39 Å². The first kappa shape index (κ1) is 13.6. The number of fused-ring (bicyclic) bond motifs is 1. The number of anilines is 2. The molecular weight excluding hydrogens is 289 g/mol. The van der Waals surface area contributed by atoms with E-state index in [1.807, 2.05) is 0 Å². The molecule has 4 nitrogen and oxygen atoms in total. The van der Waals surface area contributed by atoms with E-state index in [4.69, 9.17) is 5.73 Å². The van der Waals surface area contributed by atoms with Gasteiger partial charge in [0.1, 0.15) is 16.9 Å². The van der Waals surface area contributed by atoms with E-state index in [0.29, 0.717) is 10.6 Å². The highest BCUT2D eigenvalue weighted by molar-refractivity contribution is 7.16. The molecule has 106 valence electrons. The molecule has 3 rings (SSSR count). The molecule has 0 unspecified atom stereocenters. The van der Waals surface area contributed by atoms with Gasteiger partial charge >= 0.3 is 0 Å². The third-order valence-corrected chi connectivity index (χ3v) is 4.73. The minimum absolute atomic E-state index is 0.000589. The van der Waals surface area contributed by atoms with Gasteiger partial charge < -0.3 is 11.1 Å². The van der Waals surface area contributed by atoms with Crippen molar-refractivity contribution in [2.45, 2.75) is 19.3 Å². The molecule has 21 heavy (non-hydrogen) atoms. The van der Waals surface area contributed by atoms with Crippen molar-refractivity contribution in [2.75, 3.05) is 11.1 Å². The van der Waals surface area contributed by atoms with Gasteiger partial charge in [-0.1, -0.05) is 0 Å². The monoisotopic (exact) mass is 301 g/mol. The predicted octanol–water partition coefficient (Wildman–Crippen LogP) is 3.08. The third-order valence-electron chi connectivity index (χ3n) is 3.52. The number of hydrogen-bond donors (Lipinski definition) is 2. The van der Waals surface area contributed by atoms with Crippen molar-refractivity contribution in [2.24, 2.45) is 0 Å². The number of nitriles is 1. The van der Waals surface area contributed by atoms with Crippen LogP contribution in [0.2, 0.25) is 0 Å². The molecule has 0 spiro atoms. The summed E-state index contributed by atoms with van der Waals surface area (Å²) in [5.74, 6) is -1.07. The lowest BCUT2D eigenvalue weighted by molar-refractivity contribution is 0.102. The number of carbonyl (C=O) groups excluding carboxylic acids is 1. The van der Waals surface area contributed by atoms with Crippen LogP contribution in [-0.2, 0) is 12.8 Å². The van der Waals surface area contributed by atoms with Crippen molar-refractivity contribution in [3.05, 3.63) is 45.6 Å². The molecule has 0 saturated carbocycles. The Morgan fingerprint density at radius 1 is 1.43 bits per heavy atom. The van der Waals surface area contributed by atoms with Gasteiger partial charge in [0.15, 0.2) is 0 Å². The second-order valence-electron chi connectivity index (χ2n) is 4.86. The van der Waals surface area contributed by atoms with Gasteiger partial charge in [-0.15, -0.1) is 11.3 Å². The van der Waals surface area contributed by atoms with E-state index in [0.717, 1.165) is 35.8 Å². The van der Waals surface area contributed by atoms with E-state index >= 15 is 0 Å². The smallest absolute Gasteiger partial charge is 0.256 e. The van der Waals surface area contributed by atoms with Gasteiger partial charge in [0.25, 0.3) is 5.91 Å². The Morgan fingerprint density at radius 3 is 2.95 bits per heavy atom. The largest absolute Gasteiger partial charge is 0.396 e. The van der Waals surface area contributed by atoms with E-state index in [1.165, 1.54) is 23.5 Å². The number of nitrogen functional groups attached to an aromatic ring is 1. The zero-order valence-corrected chi connectivity index (χ0v) is 11.9. The molecule has 0 radical (unpaired) electrons. The molecule has 0 bridgehead atoms. The minimum Gasteiger partial charge on any atom is -0.396 e. The molecule has 0 atom stereocenters. The second-order valence-corrected chi connectivity index (χ2v) is 5.97. The summed E-state index contributed by atoms with van der Waals surface area (Å²) in [6, 6.07) is 6.06. The normalized spacial score (nSPS) is 12.8. The molecule has 1 aromatic heterocycles. The molecule has 0 saturated heterocycles. The van der Waals surface area contributed by atoms with E-state index in [2.05, 4.69) is 11.4 Å². The zero-order chi connectivity index (χ0) is 15.0. The molecule has 3 N–H and O–H groups in total. The Hall–Kier alpha value is -2.39. The van der Waals surface area contributed by atoms with Crippen molar-refractivity contribution in [1.29, 1.82) is 5.26 Å². The van der Waals surface area contributed by atoms with Gasteiger partial charge in [0.2, 0.25) is 0 Å². The van der Waals surface area contributed by atoms with Crippen LogP contribution in [-0.4, -0.2) is 5.91 Å². The number of aryl methyl sites for hydroxylation is 1. The second kappa shape index (κ2) is 5.19. The number of nitrogens with one attached hydrogen (secondary N) is 1. The maximum Gasteiger partial charge on any atom is 0.256 e. The SMILES string of the molecule is N#Cc1c(NC(=O)c2ccc(N)c(F)c2)sc2c1CCC2. The number of halogens is 1. The maximum absolute atomic E-state index is 13.4. The average molecular weight is 301 g/mol. The number of nitrogens with two attached hydrogens (primary N) is 1. The third kappa shape index (κ3) is 2.36. The minimum atomic E-state index is -0.628. The van der Waals surface area contributed by atoms with Crippen molar-refractivity contribution in [3.63, 3.8) is 0 Å². The summed E-state index contributed by atoms with van der Waals surface area (Å²) >= 11 is 1.43. The molecule has 0 aliphatic heterocycles.